The maximum Gasteiger partial charge on any atom is 0.146 e. The molecule has 1 saturated carbocycles. The van der Waals surface area contributed by atoms with Crippen LogP contribution in [-0.2, 0) is 6.54 Å². The number of para-hydroxylation sites is 1. The number of nitrogens with two attached hydrogens (primary N) is 1. The van der Waals surface area contributed by atoms with Gasteiger partial charge in [0, 0.05) is 19.1 Å². The number of hydrogen-bond acceptors (Lipinski definition) is 2. The maximum absolute atomic E-state index is 13.3. The lowest BCUT2D eigenvalue weighted by Crippen LogP contribution is -2.31. The Bertz CT molecular complexity index is 405. The summed E-state index contributed by atoms with van der Waals surface area (Å²) < 4.78 is 13.3. The van der Waals surface area contributed by atoms with Crippen LogP contribution in [0.4, 0.5) is 10.1 Å². The van der Waals surface area contributed by atoms with Gasteiger partial charge in [0.2, 0.25) is 0 Å². The highest BCUT2D eigenvalue weighted by Gasteiger charge is 2.37. The first-order valence-corrected chi connectivity index (χ1v) is 6.01. The van der Waals surface area contributed by atoms with Crippen LogP contribution in [0.15, 0.2) is 18.2 Å². The van der Waals surface area contributed by atoms with E-state index >= 15 is 0 Å². The molecule has 2 fully saturated rings. The monoisotopic (exact) mass is 220 g/mol. The molecule has 1 aromatic carbocycles. The van der Waals surface area contributed by atoms with E-state index in [0.717, 1.165) is 18.0 Å². The summed E-state index contributed by atoms with van der Waals surface area (Å²) in [6.07, 6.45) is 4.01. The number of benzene rings is 1. The summed E-state index contributed by atoms with van der Waals surface area (Å²) in [5.74, 6) is 0.585. The second kappa shape index (κ2) is 3.74. The van der Waals surface area contributed by atoms with Crippen molar-refractivity contribution in [2.75, 3.05) is 12.3 Å². The summed E-state index contributed by atoms with van der Waals surface area (Å²) in [6.45, 7) is 1.98. The number of nitrogens with zero attached hydrogens (tertiary/aromatic N) is 1. The molecule has 0 spiro atoms. The fraction of sp³-hybridized carbons (Fsp3) is 0.538. The van der Waals surface area contributed by atoms with Crippen molar-refractivity contribution >= 4 is 5.69 Å². The van der Waals surface area contributed by atoms with Crippen molar-refractivity contribution in [1.29, 1.82) is 0 Å². The molecule has 1 heterocycles. The molecule has 0 aromatic heterocycles. The highest BCUT2D eigenvalue weighted by Crippen LogP contribution is 2.38. The molecule has 86 valence electrons. The molecule has 1 saturated heterocycles. The number of piperidine rings is 1. The van der Waals surface area contributed by atoms with E-state index in [9.17, 15) is 4.39 Å². The number of fused-ring (bicyclic) bond motifs is 2. The molecule has 2 atom stereocenters. The van der Waals surface area contributed by atoms with Crippen molar-refractivity contribution in [1.82, 2.24) is 4.90 Å². The second-order valence-electron chi connectivity index (χ2n) is 5.07. The van der Waals surface area contributed by atoms with E-state index in [1.54, 1.807) is 6.07 Å². The third-order valence-electron chi connectivity index (χ3n) is 4.04. The first kappa shape index (κ1) is 10.1. The van der Waals surface area contributed by atoms with Crippen LogP contribution in [0, 0.1) is 11.7 Å². The van der Waals surface area contributed by atoms with Gasteiger partial charge in [0.1, 0.15) is 5.82 Å². The minimum atomic E-state index is -0.290. The van der Waals surface area contributed by atoms with E-state index in [0.29, 0.717) is 11.7 Å². The Morgan fingerprint density at radius 2 is 2.25 bits per heavy atom. The van der Waals surface area contributed by atoms with E-state index in [1.807, 2.05) is 6.07 Å². The zero-order valence-corrected chi connectivity index (χ0v) is 9.32. The molecular formula is C13H17FN2. The van der Waals surface area contributed by atoms with Crippen LogP contribution in [0.25, 0.3) is 0 Å². The summed E-state index contributed by atoms with van der Waals surface area (Å²) in [4.78, 5) is 2.46. The van der Waals surface area contributed by atoms with Crippen LogP contribution in [0.3, 0.4) is 0 Å². The quantitative estimate of drug-likeness (QED) is 0.775. The van der Waals surface area contributed by atoms with Gasteiger partial charge in [0.25, 0.3) is 0 Å². The molecule has 2 unspecified atom stereocenters. The number of nitrogen functional groups attached to an aromatic ring is 1. The van der Waals surface area contributed by atoms with E-state index < -0.39 is 0 Å². The number of hydrogen-bond donors (Lipinski definition) is 1. The Balaban J connectivity index is 1.77. The van der Waals surface area contributed by atoms with Gasteiger partial charge in [-0.2, -0.15) is 0 Å². The first-order chi connectivity index (χ1) is 7.74. The summed E-state index contributed by atoms with van der Waals surface area (Å²) in [5, 5.41) is 0. The van der Waals surface area contributed by atoms with Crippen molar-refractivity contribution < 1.29 is 4.39 Å². The van der Waals surface area contributed by atoms with Gasteiger partial charge in [-0.3, -0.25) is 4.90 Å². The smallest absolute Gasteiger partial charge is 0.146 e. The van der Waals surface area contributed by atoms with Crippen LogP contribution in [0.2, 0.25) is 0 Å². The predicted octanol–water partition coefficient (Wildman–Crippen LogP) is 2.39. The average molecular weight is 220 g/mol. The Kier molecular flexibility index (Phi) is 2.36. The highest BCUT2D eigenvalue weighted by atomic mass is 19.1. The lowest BCUT2D eigenvalue weighted by molar-refractivity contribution is 0.205. The van der Waals surface area contributed by atoms with E-state index in [1.165, 1.54) is 31.9 Å². The Labute approximate surface area is 95.2 Å². The molecule has 0 amide bonds. The van der Waals surface area contributed by atoms with Crippen molar-refractivity contribution in [2.24, 2.45) is 5.92 Å². The highest BCUT2D eigenvalue weighted by molar-refractivity contribution is 5.47. The Morgan fingerprint density at radius 3 is 2.94 bits per heavy atom. The lowest BCUT2D eigenvalue weighted by Gasteiger charge is -2.27. The maximum atomic E-state index is 13.3. The standard InChI is InChI=1S/C13H17FN2/c14-12-3-1-2-10(13(12)15)8-16-7-9-4-5-11(16)6-9/h1-3,9,11H,4-8,15H2. The minimum absolute atomic E-state index is 0.290. The zero-order chi connectivity index (χ0) is 11.1. The normalized spacial score (nSPS) is 28.8. The van der Waals surface area contributed by atoms with E-state index in [2.05, 4.69) is 4.90 Å². The van der Waals surface area contributed by atoms with E-state index in [4.69, 9.17) is 5.73 Å². The Hall–Kier alpha value is -1.09. The molecule has 3 heteroatoms. The largest absolute Gasteiger partial charge is 0.396 e. The molecule has 2 nitrogen and oxygen atoms in total. The van der Waals surface area contributed by atoms with Crippen LogP contribution < -0.4 is 5.73 Å². The minimum Gasteiger partial charge on any atom is -0.396 e. The third kappa shape index (κ3) is 1.59. The molecule has 1 aliphatic carbocycles. The van der Waals surface area contributed by atoms with Gasteiger partial charge in [-0.25, -0.2) is 4.39 Å². The van der Waals surface area contributed by atoms with Gasteiger partial charge in [-0.1, -0.05) is 12.1 Å². The van der Waals surface area contributed by atoms with Gasteiger partial charge in [-0.05, 0) is 36.8 Å². The van der Waals surface area contributed by atoms with Crippen molar-refractivity contribution in [3.8, 4) is 0 Å². The molecule has 1 aliphatic heterocycles. The average Bonchev–Trinajstić information content (AvgIpc) is 2.86. The topological polar surface area (TPSA) is 29.3 Å². The fourth-order valence-electron chi connectivity index (χ4n) is 3.16. The number of anilines is 1. The summed E-state index contributed by atoms with van der Waals surface area (Å²) in [5.41, 5.74) is 7.02. The number of halogens is 1. The number of likely N-dealkylation sites (tertiary alicyclic amines) is 1. The van der Waals surface area contributed by atoms with Gasteiger partial charge < -0.3 is 5.73 Å². The molecule has 0 radical (unpaired) electrons. The summed E-state index contributed by atoms with van der Waals surface area (Å²) in [6, 6.07) is 5.82. The molecule has 3 rings (SSSR count). The molecule has 2 bridgehead atoms. The third-order valence-corrected chi connectivity index (χ3v) is 4.04. The van der Waals surface area contributed by atoms with E-state index in [-0.39, 0.29) is 5.82 Å². The molecule has 1 aromatic rings. The molecular weight excluding hydrogens is 203 g/mol. The van der Waals surface area contributed by atoms with Crippen molar-refractivity contribution in [2.45, 2.75) is 31.8 Å². The van der Waals surface area contributed by atoms with Crippen molar-refractivity contribution in [3.05, 3.63) is 29.6 Å². The van der Waals surface area contributed by atoms with Gasteiger partial charge in [0.05, 0.1) is 5.69 Å². The number of rotatable bonds is 2. The predicted molar refractivity (Wildman–Crippen MR) is 62.4 cm³/mol. The SMILES string of the molecule is Nc1c(F)cccc1CN1CC2CCC1C2. The fourth-order valence-corrected chi connectivity index (χ4v) is 3.16. The van der Waals surface area contributed by atoms with Crippen LogP contribution in [0.1, 0.15) is 24.8 Å². The van der Waals surface area contributed by atoms with Gasteiger partial charge in [0.15, 0.2) is 0 Å². The summed E-state index contributed by atoms with van der Waals surface area (Å²) >= 11 is 0. The van der Waals surface area contributed by atoms with Crippen LogP contribution in [0.5, 0.6) is 0 Å². The molecule has 16 heavy (non-hydrogen) atoms. The lowest BCUT2D eigenvalue weighted by atomic mass is 10.1. The molecule has 2 N–H and O–H groups in total. The zero-order valence-electron chi connectivity index (χ0n) is 9.32. The van der Waals surface area contributed by atoms with Crippen molar-refractivity contribution in [3.63, 3.8) is 0 Å². The summed E-state index contributed by atoms with van der Waals surface area (Å²) in [7, 11) is 0. The second-order valence-corrected chi connectivity index (χ2v) is 5.07. The molecule has 2 aliphatic rings. The van der Waals surface area contributed by atoms with Crippen LogP contribution >= 0.6 is 0 Å². The van der Waals surface area contributed by atoms with Crippen LogP contribution in [-0.4, -0.2) is 17.5 Å². The Morgan fingerprint density at radius 1 is 1.38 bits per heavy atom. The van der Waals surface area contributed by atoms with Gasteiger partial charge >= 0.3 is 0 Å². The van der Waals surface area contributed by atoms with Gasteiger partial charge in [-0.15, -0.1) is 0 Å². The first-order valence-electron chi connectivity index (χ1n) is 6.01.